The molecule has 15 heavy (non-hydrogen) atoms. The maximum absolute atomic E-state index is 11.7. The molecule has 0 heterocycles. The first kappa shape index (κ1) is 11.8. The van der Waals surface area contributed by atoms with E-state index in [0.717, 1.165) is 22.4 Å². The third-order valence-electron chi connectivity index (χ3n) is 2.30. The van der Waals surface area contributed by atoms with Gasteiger partial charge in [0.25, 0.3) is 0 Å². The molecule has 0 saturated heterocycles. The van der Waals surface area contributed by atoms with E-state index in [1.807, 2.05) is 37.3 Å². The second-order valence-corrected chi connectivity index (χ2v) is 4.36. The van der Waals surface area contributed by atoms with Crippen LogP contribution in [-0.4, -0.2) is 10.5 Å². The average molecular weight is 205 g/mol. The summed E-state index contributed by atoms with van der Waals surface area (Å²) in [7, 11) is 0. The summed E-state index contributed by atoms with van der Waals surface area (Å²) in [5.74, 6) is 0.539. The predicted molar refractivity (Wildman–Crippen MR) is 63.9 cm³/mol. The van der Waals surface area contributed by atoms with Crippen molar-refractivity contribution in [2.75, 3.05) is 0 Å². The summed E-state index contributed by atoms with van der Waals surface area (Å²) in [6.45, 7) is 6.62. The number of hydrogen-bond donors (Lipinski definition) is 0. The van der Waals surface area contributed by atoms with Crippen LogP contribution in [0.1, 0.15) is 32.8 Å². The number of hydroxylamine groups is 1. The Hall–Kier alpha value is -1.31. The maximum atomic E-state index is 11.7. The number of hydrogen-bond acceptors (Lipinski definition) is 1. The molecule has 0 radical (unpaired) electrons. The quantitative estimate of drug-likeness (QED) is 0.321. The van der Waals surface area contributed by atoms with Gasteiger partial charge in [-0.3, -0.25) is 0 Å². The van der Waals surface area contributed by atoms with Gasteiger partial charge in [-0.05, 0) is 5.92 Å². The van der Waals surface area contributed by atoms with E-state index in [1.165, 1.54) is 0 Å². The van der Waals surface area contributed by atoms with E-state index < -0.39 is 0 Å². The third kappa shape index (κ3) is 4.15. The second kappa shape index (κ2) is 5.54. The molecule has 0 unspecified atom stereocenters. The smallest absolute Gasteiger partial charge is 0.178 e. The molecule has 82 valence electrons. The molecule has 0 fully saturated rings. The lowest BCUT2D eigenvalue weighted by molar-refractivity contribution is -0.476. The van der Waals surface area contributed by atoms with Crippen LogP contribution in [0.25, 0.3) is 0 Å². The summed E-state index contributed by atoms with van der Waals surface area (Å²) < 4.78 is 1.09. The van der Waals surface area contributed by atoms with Crippen LogP contribution in [0.4, 0.5) is 0 Å². The van der Waals surface area contributed by atoms with Crippen LogP contribution in [0.15, 0.2) is 30.3 Å². The van der Waals surface area contributed by atoms with Crippen molar-refractivity contribution >= 4 is 5.71 Å². The molecular formula is C13H19NO. The Morgan fingerprint density at radius 2 is 1.87 bits per heavy atom. The Kier molecular flexibility index (Phi) is 4.35. The molecule has 2 nitrogen and oxygen atoms in total. The van der Waals surface area contributed by atoms with Crippen LogP contribution in [-0.2, 0) is 6.54 Å². The van der Waals surface area contributed by atoms with Gasteiger partial charge in [0.2, 0.25) is 0 Å². The minimum absolute atomic E-state index is 0.458. The predicted octanol–water partition coefficient (Wildman–Crippen LogP) is 3.20. The molecular weight excluding hydrogens is 186 g/mol. The largest absolute Gasteiger partial charge is 0.624 e. The topological polar surface area (TPSA) is 26.1 Å². The van der Waals surface area contributed by atoms with Gasteiger partial charge in [-0.2, -0.15) is 0 Å². The summed E-state index contributed by atoms with van der Waals surface area (Å²) in [5, 5.41) is 11.7. The van der Waals surface area contributed by atoms with E-state index in [9.17, 15) is 5.21 Å². The zero-order valence-electron chi connectivity index (χ0n) is 9.73. The molecule has 0 aliphatic heterocycles. The van der Waals surface area contributed by atoms with E-state index in [4.69, 9.17) is 0 Å². The SMILES string of the molecule is C/C(CC(C)C)=[N+](\[O-])Cc1ccccc1. The van der Waals surface area contributed by atoms with Crippen LogP contribution in [0.5, 0.6) is 0 Å². The van der Waals surface area contributed by atoms with Gasteiger partial charge in [0, 0.05) is 18.9 Å². The molecule has 0 bridgehead atoms. The number of benzene rings is 1. The van der Waals surface area contributed by atoms with E-state index >= 15 is 0 Å². The molecule has 0 aromatic heterocycles. The fourth-order valence-corrected chi connectivity index (χ4v) is 1.58. The van der Waals surface area contributed by atoms with Crippen molar-refractivity contribution in [2.45, 2.75) is 33.7 Å². The normalized spacial score (nSPS) is 12.8. The molecule has 0 spiro atoms. The lowest BCUT2D eigenvalue weighted by Crippen LogP contribution is -2.14. The monoisotopic (exact) mass is 205 g/mol. The summed E-state index contributed by atoms with van der Waals surface area (Å²) in [6, 6.07) is 9.84. The molecule has 1 rings (SSSR count). The minimum atomic E-state index is 0.458. The van der Waals surface area contributed by atoms with Crippen LogP contribution in [0.3, 0.4) is 0 Å². The lowest BCUT2D eigenvalue weighted by Gasteiger charge is -2.09. The molecule has 0 amide bonds. The molecule has 0 aliphatic carbocycles. The first-order valence-electron chi connectivity index (χ1n) is 5.40. The number of nitrogens with zero attached hydrogens (tertiary/aromatic N) is 1. The fraction of sp³-hybridized carbons (Fsp3) is 0.462. The van der Waals surface area contributed by atoms with Gasteiger partial charge < -0.3 is 5.21 Å². The third-order valence-corrected chi connectivity index (χ3v) is 2.30. The van der Waals surface area contributed by atoms with Crippen molar-refractivity contribution in [3.63, 3.8) is 0 Å². The van der Waals surface area contributed by atoms with Gasteiger partial charge in [0.1, 0.15) is 0 Å². The van der Waals surface area contributed by atoms with Crippen LogP contribution in [0, 0.1) is 11.1 Å². The van der Waals surface area contributed by atoms with Gasteiger partial charge in [-0.25, -0.2) is 4.74 Å². The molecule has 0 N–H and O–H groups in total. The van der Waals surface area contributed by atoms with Crippen molar-refractivity contribution in [1.82, 2.24) is 0 Å². The Balaban J connectivity index is 2.65. The lowest BCUT2D eigenvalue weighted by atomic mass is 10.1. The zero-order chi connectivity index (χ0) is 11.3. The Morgan fingerprint density at radius 3 is 2.40 bits per heavy atom. The Bertz CT molecular complexity index is 328. The second-order valence-electron chi connectivity index (χ2n) is 4.36. The molecule has 1 aromatic carbocycles. The average Bonchev–Trinajstić information content (AvgIpc) is 2.18. The maximum Gasteiger partial charge on any atom is 0.178 e. The fourth-order valence-electron chi connectivity index (χ4n) is 1.58. The van der Waals surface area contributed by atoms with Crippen molar-refractivity contribution in [3.8, 4) is 0 Å². The van der Waals surface area contributed by atoms with Gasteiger partial charge in [-0.15, -0.1) is 0 Å². The van der Waals surface area contributed by atoms with Crippen LogP contribution < -0.4 is 0 Å². The molecule has 0 atom stereocenters. The molecule has 2 heteroatoms. The van der Waals surface area contributed by atoms with Crippen molar-refractivity contribution in [3.05, 3.63) is 41.1 Å². The highest BCUT2D eigenvalue weighted by Gasteiger charge is 2.06. The molecule has 0 aliphatic rings. The standard InChI is InChI=1S/C13H19NO/c1-11(2)9-12(3)14(15)10-13-7-5-4-6-8-13/h4-8,11H,9-10H2,1-3H3/b14-12+. The number of rotatable bonds is 4. The van der Waals surface area contributed by atoms with Gasteiger partial charge in [-0.1, -0.05) is 44.2 Å². The summed E-state index contributed by atoms with van der Waals surface area (Å²) in [6.07, 6.45) is 0.871. The van der Waals surface area contributed by atoms with Crippen molar-refractivity contribution < 1.29 is 4.74 Å². The molecule has 1 aromatic rings. The van der Waals surface area contributed by atoms with E-state index in [-0.39, 0.29) is 0 Å². The van der Waals surface area contributed by atoms with Crippen LogP contribution >= 0.6 is 0 Å². The van der Waals surface area contributed by atoms with Gasteiger partial charge >= 0.3 is 0 Å². The minimum Gasteiger partial charge on any atom is -0.624 e. The summed E-state index contributed by atoms with van der Waals surface area (Å²) >= 11 is 0. The molecule has 0 saturated carbocycles. The zero-order valence-corrected chi connectivity index (χ0v) is 9.73. The highest BCUT2D eigenvalue weighted by molar-refractivity contribution is 5.77. The highest BCUT2D eigenvalue weighted by atomic mass is 16.5. The first-order chi connectivity index (χ1) is 7.09. The van der Waals surface area contributed by atoms with Crippen molar-refractivity contribution in [1.29, 1.82) is 0 Å². The Labute approximate surface area is 91.8 Å². The van der Waals surface area contributed by atoms with Gasteiger partial charge in [0.15, 0.2) is 12.3 Å². The van der Waals surface area contributed by atoms with Gasteiger partial charge in [0.05, 0.1) is 0 Å². The highest BCUT2D eigenvalue weighted by Crippen LogP contribution is 2.04. The summed E-state index contributed by atoms with van der Waals surface area (Å²) in [5.41, 5.74) is 1.98. The Morgan fingerprint density at radius 1 is 1.27 bits per heavy atom. The van der Waals surface area contributed by atoms with E-state index in [1.54, 1.807) is 0 Å². The van der Waals surface area contributed by atoms with Crippen molar-refractivity contribution in [2.24, 2.45) is 5.92 Å². The summed E-state index contributed by atoms with van der Waals surface area (Å²) in [4.78, 5) is 0. The van der Waals surface area contributed by atoms with Crippen LogP contribution in [0.2, 0.25) is 0 Å². The first-order valence-corrected chi connectivity index (χ1v) is 5.40. The van der Waals surface area contributed by atoms with E-state index in [2.05, 4.69) is 13.8 Å². The van der Waals surface area contributed by atoms with E-state index in [0.29, 0.717) is 12.5 Å².